The summed E-state index contributed by atoms with van der Waals surface area (Å²) in [5, 5.41) is 12.1. The number of hydrogen-bond donors (Lipinski definition) is 1. The van der Waals surface area contributed by atoms with Crippen LogP contribution in [-0.4, -0.2) is 45.2 Å². The summed E-state index contributed by atoms with van der Waals surface area (Å²) in [5.74, 6) is 2.87. The third kappa shape index (κ3) is 4.05. The molecule has 0 radical (unpaired) electrons. The van der Waals surface area contributed by atoms with Gasteiger partial charge in [-0.1, -0.05) is 31.2 Å². The van der Waals surface area contributed by atoms with Gasteiger partial charge in [0.15, 0.2) is 0 Å². The van der Waals surface area contributed by atoms with Gasteiger partial charge >= 0.3 is 0 Å². The lowest BCUT2D eigenvalue weighted by Crippen LogP contribution is -2.39. The van der Waals surface area contributed by atoms with Crippen LogP contribution in [0.15, 0.2) is 24.3 Å². The molecule has 0 spiro atoms. The zero-order valence-electron chi connectivity index (χ0n) is 16.2. The van der Waals surface area contributed by atoms with Crippen molar-refractivity contribution in [3.63, 3.8) is 0 Å². The molecule has 0 saturated carbocycles. The van der Waals surface area contributed by atoms with Crippen LogP contribution in [0.25, 0.3) is 0 Å². The standard InChI is InChI=1S/C21H29N5O/c1-2-16-3-5-17(6-4-16)7-8-20(27)25-12-9-18(10-13-25)21-24-23-19-15-22-11-14-26(19)21/h3-6,18,22H,2,7-15H2,1H3. The van der Waals surface area contributed by atoms with E-state index in [2.05, 4.69) is 51.3 Å². The molecule has 1 N–H and O–H groups in total. The Morgan fingerprint density at radius 3 is 2.59 bits per heavy atom. The monoisotopic (exact) mass is 367 g/mol. The normalized spacial score (nSPS) is 17.7. The Morgan fingerprint density at radius 2 is 1.85 bits per heavy atom. The highest BCUT2D eigenvalue weighted by Crippen LogP contribution is 2.28. The van der Waals surface area contributed by atoms with Gasteiger partial charge in [0.1, 0.15) is 11.6 Å². The van der Waals surface area contributed by atoms with Crippen LogP contribution in [0.2, 0.25) is 0 Å². The highest BCUT2D eigenvalue weighted by Gasteiger charge is 2.28. The van der Waals surface area contributed by atoms with Crippen LogP contribution in [-0.2, 0) is 30.7 Å². The first kappa shape index (κ1) is 18.2. The molecule has 3 heterocycles. The van der Waals surface area contributed by atoms with E-state index in [-0.39, 0.29) is 5.91 Å². The second-order valence-corrected chi connectivity index (χ2v) is 7.63. The molecule has 4 rings (SSSR count). The maximum Gasteiger partial charge on any atom is 0.222 e. The van der Waals surface area contributed by atoms with Crippen molar-refractivity contribution < 1.29 is 4.79 Å². The number of aryl methyl sites for hydroxylation is 2. The van der Waals surface area contributed by atoms with Crippen LogP contribution in [0.4, 0.5) is 0 Å². The topological polar surface area (TPSA) is 63.1 Å². The number of carbonyl (C=O) groups is 1. The summed E-state index contributed by atoms with van der Waals surface area (Å²) in [5.41, 5.74) is 2.60. The first-order valence-electron chi connectivity index (χ1n) is 10.2. The van der Waals surface area contributed by atoms with E-state index < -0.39 is 0 Å². The summed E-state index contributed by atoms with van der Waals surface area (Å²) in [7, 11) is 0. The largest absolute Gasteiger partial charge is 0.343 e. The number of nitrogens with zero attached hydrogens (tertiary/aromatic N) is 4. The van der Waals surface area contributed by atoms with E-state index in [1.807, 2.05) is 4.90 Å². The number of hydrogen-bond acceptors (Lipinski definition) is 4. The van der Waals surface area contributed by atoms with E-state index in [9.17, 15) is 4.79 Å². The number of piperidine rings is 1. The van der Waals surface area contributed by atoms with Crippen LogP contribution in [0.3, 0.4) is 0 Å². The second kappa shape index (κ2) is 8.21. The molecular weight excluding hydrogens is 338 g/mol. The van der Waals surface area contributed by atoms with E-state index in [0.29, 0.717) is 12.3 Å². The Labute approximate surface area is 161 Å². The fraction of sp³-hybridized carbons (Fsp3) is 0.571. The maximum absolute atomic E-state index is 12.6. The van der Waals surface area contributed by atoms with E-state index in [1.165, 1.54) is 11.1 Å². The Hall–Kier alpha value is -2.21. The number of aromatic nitrogens is 3. The van der Waals surface area contributed by atoms with Gasteiger partial charge in [-0.15, -0.1) is 10.2 Å². The van der Waals surface area contributed by atoms with Crippen molar-refractivity contribution in [1.29, 1.82) is 0 Å². The summed E-state index contributed by atoms with van der Waals surface area (Å²) < 4.78 is 2.28. The van der Waals surface area contributed by atoms with Gasteiger partial charge in [-0.25, -0.2) is 0 Å². The molecule has 0 bridgehead atoms. The molecule has 6 heteroatoms. The summed E-state index contributed by atoms with van der Waals surface area (Å²) in [4.78, 5) is 14.6. The number of amides is 1. The van der Waals surface area contributed by atoms with Gasteiger partial charge in [0.2, 0.25) is 5.91 Å². The molecule has 1 saturated heterocycles. The third-order valence-corrected chi connectivity index (χ3v) is 5.92. The van der Waals surface area contributed by atoms with E-state index in [0.717, 1.165) is 70.1 Å². The molecule has 0 atom stereocenters. The van der Waals surface area contributed by atoms with Gasteiger partial charge < -0.3 is 14.8 Å². The second-order valence-electron chi connectivity index (χ2n) is 7.63. The number of benzene rings is 1. The van der Waals surface area contributed by atoms with Gasteiger partial charge in [0.05, 0.1) is 6.54 Å². The maximum atomic E-state index is 12.6. The molecule has 2 aromatic rings. The van der Waals surface area contributed by atoms with Crippen LogP contribution >= 0.6 is 0 Å². The lowest BCUT2D eigenvalue weighted by atomic mass is 9.95. The number of likely N-dealkylation sites (tertiary alicyclic amines) is 1. The highest BCUT2D eigenvalue weighted by atomic mass is 16.2. The lowest BCUT2D eigenvalue weighted by Gasteiger charge is -2.32. The first-order valence-corrected chi connectivity index (χ1v) is 10.2. The summed E-state index contributed by atoms with van der Waals surface area (Å²) >= 11 is 0. The highest BCUT2D eigenvalue weighted by molar-refractivity contribution is 5.76. The zero-order valence-corrected chi connectivity index (χ0v) is 16.2. The SMILES string of the molecule is CCc1ccc(CCC(=O)N2CCC(c3nnc4n3CCNC4)CC2)cc1. The first-order chi connectivity index (χ1) is 13.2. The molecule has 2 aliphatic rings. The molecule has 27 heavy (non-hydrogen) atoms. The molecule has 1 amide bonds. The predicted octanol–water partition coefficient (Wildman–Crippen LogP) is 2.28. The van der Waals surface area contributed by atoms with Crippen molar-refractivity contribution in [3.05, 3.63) is 47.0 Å². The molecule has 1 aromatic carbocycles. The number of nitrogens with one attached hydrogen (secondary N) is 1. The molecule has 0 aliphatic carbocycles. The van der Waals surface area contributed by atoms with Gasteiger partial charge in [0.25, 0.3) is 0 Å². The van der Waals surface area contributed by atoms with Crippen LogP contribution in [0.5, 0.6) is 0 Å². The number of rotatable bonds is 5. The van der Waals surface area contributed by atoms with Crippen molar-refractivity contribution in [3.8, 4) is 0 Å². The number of fused-ring (bicyclic) bond motifs is 1. The van der Waals surface area contributed by atoms with Gasteiger partial charge in [-0.05, 0) is 36.8 Å². The third-order valence-electron chi connectivity index (χ3n) is 5.92. The summed E-state index contributed by atoms with van der Waals surface area (Å²) in [6, 6.07) is 8.64. The zero-order chi connectivity index (χ0) is 18.6. The van der Waals surface area contributed by atoms with Gasteiger partial charge in [-0.3, -0.25) is 4.79 Å². The smallest absolute Gasteiger partial charge is 0.222 e. The van der Waals surface area contributed by atoms with Crippen molar-refractivity contribution >= 4 is 5.91 Å². The Bertz CT molecular complexity index is 774. The molecule has 1 aromatic heterocycles. The molecule has 144 valence electrons. The minimum Gasteiger partial charge on any atom is -0.343 e. The van der Waals surface area contributed by atoms with E-state index >= 15 is 0 Å². The van der Waals surface area contributed by atoms with E-state index in [4.69, 9.17) is 0 Å². The van der Waals surface area contributed by atoms with Crippen LogP contribution in [0, 0.1) is 0 Å². The molecule has 1 fully saturated rings. The number of carbonyl (C=O) groups excluding carboxylic acids is 1. The molecular formula is C21H29N5O. The summed E-state index contributed by atoms with van der Waals surface area (Å²) in [6.07, 6.45) is 4.46. The Balaban J connectivity index is 1.28. The average molecular weight is 367 g/mol. The lowest BCUT2D eigenvalue weighted by molar-refractivity contribution is -0.132. The van der Waals surface area contributed by atoms with Crippen LogP contribution < -0.4 is 5.32 Å². The van der Waals surface area contributed by atoms with Crippen molar-refractivity contribution in [1.82, 2.24) is 25.0 Å². The quantitative estimate of drug-likeness (QED) is 0.881. The van der Waals surface area contributed by atoms with Gasteiger partial charge in [0, 0.05) is 38.5 Å². The fourth-order valence-corrected chi connectivity index (χ4v) is 4.15. The molecule has 2 aliphatic heterocycles. The molecule has 6 nitrogen and oxygen atoms in total. The van der Waals surface area contributed by atoms with Crippen LogP contribution in [0.1, 0.15) is 54.9 Å². The average Bonchev–Trinajstić information content (AvgIpc) is 3.16. The van der Waals surface area contributed by atoms with Gasteiger partial charge in [-0.2, -0.15) is 0 Å². The van der Waals surface area contributed by atoms with Crippen molar-refractivity contribution in [2.45, 2.75) is 58.0 Å². The van der Waals surface area contributed by atoms with Crippen molar-refractivity contribution in [2.24, 2.45) is 0 Å². The Kier molecular flexibility index (Phi) is 5.53. The van der Waals surface area contributed by atoms with E-state index in [1.54, 1.807) is 0 Å². The predicted molar refractivity (Wildman–Crippen MR) is 104 cm³/mol. The fourth-order valence-electron chi connectivity index (χ4n) is 4.15. The van der Waals surface area contributed by atoms with Crippen molar-refractivity contribution in [2.75, 3.05) is 19.6 Å². The minimum absolute atomic E-state index is 0.278. The summed E-state index contributed by atoms with van der Waals surface area (Å²) in [6.45, 7) is 6.57. The minimum atomic E-state index is 0.278. The Morgan fingerprint density at radius 1 is 1.11 bits per heavy atom. The molecule has 0 unspecified atom stereocenters.